The summed E-state index contributed by atoms with van der Waals surface area (Å²) >= 11 is 0. The number of hydrogen-bond acceptors (Lipinski definition) is 1. The van der Waals surface area contributed by atoms with Gasteiger partial charge in [0.2, 0.25) is 5.82 Å². The fraction of sp³-hybridized carbons (Fsp3) is 0.308. The lowest BCUT2D eigenvalue weighted by atomic mass is 10.0. The zero-order chi connectivity index (χ0) is 12.1. The van der Waals surface area contributed by atoms with Crippen LogP contribution in [0.1, 0.15) is 25.3 Å². The van der Waals surface area contributed by atoms with Crippen LogP contribution in [0, 0.1) is 18.6 Å². The highest BCUT2D eigenvalue weighted by molar-refractivity contribution is 5.64. The molecule has 3 heteroatoms. The zero-order valence-electron chi connectivity index (χ0n) is 9.35. The summed E-state index contributed by atoms with van der Waals surface area (Å²) in [5, 5.41) is 0. The van der Waals surface area contributed by atoms with Gasteiger partial charge in [0.1, 0.15) is 0 Å². The number of benzene rings is 1. The third-order valence-electron chi connectivity index (χ3n) is 2.21. The fourth-order valence-electron chi connectivity index (χ4n) is 1.42. The van der Waals surface area contributed by atoms with Crippen LogP contribution < -0.4 is 4.74 Å². The first-order chi connectivity index (χ1) is 7.61. The van der Waals surface area contributed by atoms with Crippen molar-refractivity contribution in [3.8, 4) is 5.75 Å². The molecule has 0 aliphatic rings. The van der Waals surface area contributed by atoms with E-state index < -0.39 is 11.6 Å². The van der Waals surface area contributed by atoms with Crippen molar-refractivity contribution in [1.82, 2.24) is 0 Å². The van der Waals surface area contributed by atoms with E-state index >= 15 is 0 Å². The summed E-state index contributed by atoms with van der Waals surface area (Å²) in [6, 6.07) is 2.91. The normalized spacial score (nSPS) is 10.2. The van der Waals surface area contributed by atoms with E-state index in [0.29, 0.717) is 25.0 Å². The van der Waals surface area contributed by atoms with E-state index in [2.05, 4.69) is 13.5 Å². The number of halogens is 2. The van der Waals surface area contributed by atoms with Gasteiger partial charge < -0.3 is 4.74 Å². The lowest BCUT2D eigenvalue weighted by molar-refractivity contribution is 0.314. The highest BCUT2D eigenvalue weighted by Gasteiger charge is 2.15. The van der Waals surface area contributed by atoms with Gasteiger partial charge in [-0.3, -0.25) is 0 Å². The molecule has 0 spiro atoms. The maximum absolute atomic E-state index is 13.6. The predicted octanol–water partition coefficient (Wildman–Crippen LogP) is 3.99. The van der Waals surface area contributed by atoms with Gasteiger partial charge in [-0.25, -0.2) is 4.39 Å². The molecule has 0 aliphatic heterocycles. The van der Waals surface area contributed by atoms with Gasteiger partial charge in [-0.1, -0.05) is 13.5 Å². The lowest BCUT2D eigenvalue weighted by Gasteiger charge is -2.10. The van der Waals surface area contributed by atoms with Crippen LogP contribution >= 0.6 is 0 Å². The van der Waals surface area contributed by atoms with E-state index in [0.717, 1.165) is 0 Å². The van der Waals surface area contributed by atoms with Crippen molar-refractivity contribution in [2.24, 2.45) is 0 Å². The standard InChI is InChI=1S/C13H15F2O/c1-4-6-9(3)10-7-8-11(16-5-2)13(15)12(10)14/h7-8H,1,3-6H2,2H3. The van der Waals surface area contributed by atoms with Crippen LogP contribution in [-0.2, 0) is 0 Å². The minimum atomic E-state index is -0.954. The lowest BCUT2D eigenvalue weighted by Crippen LogP contribution is -2.00. The van der Waals surface area contributed by atoms with Crippen molar-refractivity contribution >= 4 is 5.57 Å². The van der Waals surface area contributed by atoms with Crippen molar-refractivity contribution in [1.29, 1.82) is 0 Å². The summed E-state index contributed by atoms with van der Waals surface area (Å²) in [4.78, 5) is 0. The van der Waals surface area contributed by atoms with Crippen LogP contribution in [-0.4, -0.2) is 6.61 Å². The van der Waals surface area contributed by atoms with E-state index in [1.165, 1.54) is 12.1 Å². The molecule has 0 unspecified atom stereocenters. The van der Waals surface area contributed by atoms with Crippen molar-refractivity contribution < 1.29 is 13.5 Å². The summed E-state index contributed by atoms with van der Waals surface area (Å²) < 4.78 is 32.1. The molecular weight excluding hydrogens is 210 g/mol. The van der Waals surface area contributed by atoms with Gasteiger partial charge in [0.25, 0.3) is 0 Å². The molecule has 87 valence electrons. The second-order valence-corrected chi connectivity index (χ2v) is 3.38. The molecule has 0 amide bonds. The van der Waals surface area contributed by atoms with Gasteiger partial charge in [0.15, 0.2) is 11.6 Å². The molecule has 0 N–H and O–H groups in total. The van der Waals surface area contributed by atoms with Crippen molar-refractivity contribution in [2.45, 2.75) is 19.8 Å². The molecule has 1 rings (SSSR count). The van der Waals surface area contributed by atoms with E-state index in [1.807, 2.05) is 0 Å². The summed E-state index contributed by atoms with van der Waals surface area (Å²) in [6.07, 6.45) is 1.15. The molecule has 0 saturated heterocycles. The molecule has 0 fully saturated rings. The number of rotatable bonds is 5. The van der Waals surface area contributed by atoms with Crippen molar-refractivity contribution in [2.75, 3.05) is 6.61 Å². The minimum Gasteiger partial charge on any atom is -0.491 e. The van der Waals surface area contributed by atoms with Crippen LogP contribution in [0.15, 0.2) is 18.7 Å². The Morgan fingerprint density at radius 2 is 2.00 bits per heavy atom. The Balaban J connectivity index is 3.06. The van der Waals surface area contributed by atoms with Crippen LogP contribution in [0.4, 0.5) is 8.78 Å². The number of allylic oxidation sites excluding steroid dienone is 1. The van der Waals surface area contributed by atoms with Crippen LogP contribution in [0.25, 0.3) is 5.57 Å². The van der Waals surface area contributed by atoms with Gasteiger partial charge in [0.05, 0.1) is 6.61 Å². The highest BCUT2D eigenvalue weighted by atomic mass is 19.2. The molecule has 1 nitrogen and oxygen atoms in total. The van der Waals surface area contributed by atoms with Gasteiger partial charge in [-0.05, 0) is 37.5 Å². The van der Waals surface area contributed by atoms with Gasteiger partial charge in [0, 0.05) is 5.56 Å². The molecule has 0 bridgehead atoms. The Hall–Kier alpha value is -1.38. The first-order valence-corrected chi connectivity index (χ1v) is 5.20. The largest absolute Gasteiger partial charge is 0.491 e. The maximum Gasteiger partial charge on any atom is 0.201 e. The molecule has 0 atom stereocenters. The third kappa shape index (κ3) is 2.60. The summed E-state index contributed by atoms with van der Waals surface area (Å²) in [7, 11) is 0. The molecule has 1 aromatic carbocycles. The average Bonchev–Trinajstić information content (AvgIpc) is 2.25. The first kappa shape index (κ1) is 12.7. The summed E-state index contributed by atoms with van der Waals surface area (Å²) in [6.45, 7) is 9.37. The quantitative estimate of drug-likeness (QED) is 0.736. The third-order valence-corrected chi connectivity index (χ3v) is 2.21. The van der Waals surface area contributed by atoms with Gasteiger partial charge >= 0.3 is 0 Å². The second kappa shape index (κ2) is 5.64. The van der Waals surface area contributed by atoms with E-state index in [1.54, 1.807) is 6.92 Å². The Morgan fingerprint density at radius 3 is 2.56 bits per heavy atom. The first-order valence-electron chi connectivity index (χ1n) is 5.20. The van der Waals surface area contributed by atoms with Crippen LogP contribution in [0.5, 0.6) is 5.75 Å². The zero-order valence-corrected chi connectivity index (χ0v) is 9.35. The molecule has 16 heavy (non-hydrogen) atoms. The Kier molecular flexibility index (Phi) is 4.47. The van der Waals surface area contributed by atoms with Crippen molar-refractivity contribution in [3.05, 3.63) is 42.8 Å². The molecule has 1 radical (unpaired) electrons. The Morgan fingerprint density at radius 1 is 1.31 bits per heavy atom. The smallest absolute Gasteiger partial charge is 0.201 e. The molecule has 0 saturated carbocycles. The predicted molar refractivity (Wildman–Crippen MR) is 61.2 cm³/mol. The second-order valence-electron chi connectivity index (χ2n) is 3.38. The molecular formula is C13H15F2O. The molecule has 0 aromatic heterocycles. The van der Waals surface area contributed by atoms with Crippen LogP contribution in [0.2, 0.25) is 0 Å². The fourth-order valence-corrected chi connectivity index (χ4v) is 1.42. The summed E-state index contributed by atoms with van der Waals surface area (Å²) in [5.41, 5.74) is 0.749. The van der Waals surface area contributed by atoms with E-state index in [4.69, 9.17) is 4.74 Å². The highest BCUT2D eigenvalue weighted by Crippen LogP contribution is 2.28. The summed E-state index contributed by atoms with van der Waals surface area (Å²) in [5.74, 6) is -1.92. The van der Waals surface area contributed by atoms with E-state index in [-0.39, 0.29) is 11.3 Å². The Labute approximate surface area is 94.7 Å². The van der Waals surface area contributed by atoms with Gasteiger partial charge in [-0.2, -0.15) is 4.39 Å². The van der Waals surface area contributed by atoms with E-state index in [9.17, 15) is 8.78 Å². The average molecular weight is 225 g/mol. The van der Waals surface area contributed by atoms with Crippen molar-refractivity contribution in [3.63, 3.8) is 0 Å². The number of hydrogen-bond donors (Lipinski definition) is 0. The molecule has 0 aliphatic carbocycles. The molecule has 0 heterocycles. The Bertz CT molecular complexity index is 386. The SMILES string of the molecule is [CH2]CCC(=C)c1ccc(OCC)c(F)c1F. The number of ether oxygens (including phenoxy) is 1. The molecule has 1 aromatic rings. The maximum atomic E-state index is 13.6. The monoisotopic (exact) mass is 225 g/mol. The minimum absolute atomic E-state index is 0.0637. The van der Waals surface area contributed by atoms with Crippen LogP contribution in [0.3, 0.4) is 0 Å². The topological polar surface area (TPSA) is 9.23 Å². The van der Waals surface area contributed by atoms with Gasteiger partial charge in [-0.15, -0.1) is 0 Å².